The van der Waals surface area contributed by atoms with Crippen molar-refractivity contribution in [3.63, 3.8) is 0 Å². The number of rotatable bonds is 6. The Morgan fingerprint density at radius 1 is 1.15 bits per heavy atom. The van der Waals surface area contributed by atoms with Crippen molar-refractivity contribution in [1.29, 1.82) is 0 Å². The highest BCUT2D eigenvalue weighted by molar-refractivity contribution is 5.54. The molecule has 0 fully saturated rings. The number of methoxy groups -OCH3 is 1. The highest BCUT2D eigenvalue weighted by Gasteiger charge is 2.05. The summed E-state index contributed by atoms with van der Waals surface area (Å²) in [4.78, 5) is 4.28. The molecular weight excluding hydrogens is 252 g/mol. The summed E-state index contributed by atoms with van der Waals surface area (Å²) in [5.41, 5.74) is 3.16. The lowest BCUT2D eigenvalue weighted by Gasteiger charge is -2.12. The van der Waals surface area contributed by atoms with Crippen LogP contribution in [0.2, 0.25) is 0 Å². The summed E-state index contributed by atoms with van der Waals surface area (Å²) in [5.74, 6) is 1.50. The number of aryl methyl sites for hydroxylation is 1. The first-order chi connectivity index (χ1) is 9.72. The van der Waals surface area contributed by atoms with Crippen molar-refractivity contribution in [2.75, 3.05) is 19.0 Å². The second-order valence-electron chi connectivity index (χ2n) is 4.46. The monoisotopic (exact) mass is 272 g/mol. The lowest BCUT2D eigenvalue weighted by molar-refractivity contribution is 0.311. The van der Waals surface area contributed by atoms with Gasteiger partial charge in [-0.2, -0.15) is 0 Å². The van der Waals surface area contributed by atoms with Crippen LogP contribution in [-0.2, 0) is 6.54 Å². The second kappa shape index (κ2) is 6.80. The van der Waals surface area contributed by atoms with E-state index in [4.69, 9.17) is 9.47 Å². The third-order valence-electron chi connectivity index (χ3n) is 2.93. The Kier molecular flexibility index (Phi) is 4.82. The standard InChI is InChI=1S/C16H20N2O2/c1-4-20-15-8-7-14(9-16(15)19-3)18-11-13-6-5-12(2)17-10-13/h5-10,18H,4,11H2,1-3H3. The van der Waals surface area contributed by atoms with Crippen LogP contribution in [-0.4, -0.2) is 18.7 Å². The molecule has 106 valence electrons. The molecule has 0 saturated heterocycles. The van der Waals surface area contributed by atoms with Crippen LogP contribution in [0.25, 0.3) is 0 Å². The molecule has 0 amide bonds. The van der Waals surface area contributed by atoms with Gasteiger partial charge in [-0.05, 0) is 37.6 Å². The Morgan fingerprint density at radius 3 is 2.65 bits per heavy atom. The smallest absolute Gasteiger partial charge is 0.162 e. The van der Waals surface area contributed by atoms with Crippen LogP contribution < -0.4 is 14.8 Å². The fourth-order valence-electron chi connectivity index (χ4n) is 1.86. The summed E-state index contributed by atoms with van der Waals surface area (Å²) in [6.45, 7) is 5.28. The minimum atomic E-state index is 0.623. The van der Waals surface area contributed by atoms with Gasteiger partial charge in [-0.15, -0.1) is 0 Å². The minimum Gasteiger partial charge on any atom is -0.493 e. The minimum absolute atomic E-state index is 0.623. The number of nitrogens with zero attached hydrogens (tertiary/aromatic N) is 1. The van der Waals surface area contributed by atoms with Crippen molar-refractivity contribution in [2.24, 2.45) is 0 Å². The summed E-state index contributed by atoms with van der Waals surface area (Å²) in [5, 5.41) is 3.35. The molecule has 1 aromatic carbocycles. The first-order valence-electron chi connectivity index (χ1n) is 6.69. The van der Waals surface area contributed by atoms with Crippen molar-refractivity contribution in [1.82, 2.24) is 4.98 Å². The molecule has 2 rings (SSSR count). The van der Waals surface area contributed by atoms with Crippen LogP contribution in [0.15, 0.2) is 36.5 Å². The average Bonchev–Trinajstić information content (AvgIpc) is 2.48. The first-order valence-corrected chi connectivity index (χ1v) is 6.69. The van der Waals surface area contributed by atoms with E-state index >= 15 is 0 Å². The SMILES string of the molecule is CCOc1ccc(NCc2ccc(C)nc2)cc1OC. The Balaban J connectivity index is 2.04. The molecule has 0 aliphatic carbocycles. The van der Waals surface area contributed by atoms with Crippen LogP contribution in [0.1, 0.15) is 18.2 Å². The van der Waals surface area contributed by atoms with E-state index in [1.54, 1.807) is 7.11 Å². The number of nitrogens with one attached hydrogen (secondary N) is 1. The third kappa shape index (κ3) is 3.63. The van der Waals surface area contributed by atoms with Gasteiger partial charge in [0.25, 0.3) is 0 Å². The van der Waals surface area contributed by atoms with Gasteiger partial charge in [0.2, 0.25) is 0 Å². The average molecular weight is 272 g/mol. The number of anilines is 1. The maximum Gasteiger partial charge on any atom is 0.162 e. The largest absolute Gasteiger partial charge is 0.493 e. The Hall–Kier alpha value is -2.23. The van der Waals surface area contributed by atoms with Crippen molar-refractivity contribution in [3.05, 3.63) is 47.8 Å². The number of hydrogen-bond acceptors (Lipinski definition) is 4. The maximum atomic E-state index is 5.50. The molecule has 0 bridgehead atoms. The number of aromatic nitrogens is 1. The van der Waals surface area contributed by atoms with Gasteiger partial charge in [0.05, 0.1) is 13.7 Å². The maximum absolute atomic E-state index is 5.50. The summed E-state index contributed by atoms with van der Waals surface area (Å²) >= 11 is 0. The van der Waals surface area contributed by atoms with Gasteiger partial charge in [-0.1, -0.05) is 6.07 Å². The zero-order valence-corrected chi connectivity index (χ0v) is 12.1. The third-order valence-corrected chi connectivity index (χ3v) is 2.93. The van der Waals surface area contributed by atoms with Gasteiger partial charge in [-0.3, -0.25) is 4.98 Å². The zero-order chi connectivity index (χ0) is 14.4. The highest BCUT2D eigenvalue weighted by atomic mass is 16.5. The van der Waals surface area contributed by atoms with E-state index in [2.05, 4.69) is 16.4 Å². The predicted molar refractivity (Wildman–Crippen MR) is 80.5 cm³/mol. The Morgan fingerprint density at radius 2 is 2.00 bits per heavy atom. The van der Waals surface area contributed by atoms with Gasteiger partial charge in [-0.25, -0.2) is 0 Å². The molecule has 4 heteroatoms. The van der Waals surface area contributed by atoms with Gasteiger partial charge in [0.1, 0.15) is 0 Å². The summed E-state index contributed by atoms with van der Waals surface area (Å²) in [6, 6.07) is 9.91. The molecule has 2 aromatic rings. The van der Waals surface area contributed by atoms with E-state index in [1.165, 1.54) is 0 Å². The highest BCUT2D eigenvalue weighted by Crippen LogP contribution is 2.30. The lowest BCUT2D eigenvalue weighted by atomic mass is 10.2. The molecule has 4 nitrogen and oxygen atoms in total. The zero-order valence-electron chi connectivity index (χ0n) is 12.1. The molecule has 0 atom stereocenters. The molecule has 0 aliphatic rings. The first kappa shape index (κ1) is 14.2. The van der Waals surface area contributed by atoms with E-state index in [-0.39, 0.29) is 0 Å². The molecule has 1 N–H and O–H groups in total. The molecule has 0 unspecified atom stereocenters. The van der Waals surface area contributed by atoms with Gasteiger partial charge >= 0.3 is 0 Å². The molecule has 20 heavy (non-hydrogen) atoms. The van der Waals surface area contributed by atoms with Crippen LogP contribution in [0, 0.1) is 6.92 Å². The van der Waals surface area contributed by atoms with Crippen molar-refractivity contribution < 1.29 is 9.47 Å². The topological polar surface area (TPSA) is 43.4 Å². The summed E-state index contributed by atoms with van der Waals surface area (Å²) in [6.07, 6.45) is 1.88. The quantitative estimate of drug-likeness (QED) is 0.875. The van der Waals surface area contributed by atoms with E-state index in [9.17, 15) is 0 Å². The molecule has 1 heterocycles. The Bertz CT molecular complexity index is 553. The van der Waals surface area contributed by atoms with Crippen molar-refractivity contribution in [2.45, 2.75) is 20.4 Å². The van der Waals surface area contributed by atoms with E-state index in [1.807, 2.05) is 44.3 Å². The molecule has 0 radical (unpaired) electrons. The number of pyridine rings is 1. The van der Waals surface area contributed by atoms with Crippen LogP contribution >= 0.6 is 0 Å². The van der Waals surface area contributed by atoms with Gasteiger partial charge in [0, 0.05) is 30.2 Å². The van der Waals surface area contributed by atoms with E-state index in [0.717, 1.165) is 35.0 Å². The molecule has 0 saturated carbocycles. The van der Waals surface area contributed by atoms with Gasteiger partial charge < -0.3 is 14.8 Å². The van der Waals surface area contributed by atoms with Crippen LogP contribution in [0.3, 0.4) is 0 Å². The normalized spacial score (nSPS) is 10.2. The Labute approximate surface area is 119 Å². The summed E-state index contributed by atoms with van der Waals surface area (Å²) < 4.78 is 10.8. The van der Waals surface area contributed by atoms with Crippen molar-refractivity contribution >= 4 is 5.69 Å². The molecule has 1 aromatic heterocycles. The molecule has 0 aliphatic heterocycles. The van der Waals surface area contributed by atoms with Crippen LogP contribution in [0.4, 0.5) is 5.69 Å². The fourth-order valence-corrected chi connectivity index (χ4v) is 1.86. The lowest BCUT2D eigenvalue weighted by Crippen LogP contribution is -2.01. The van der Waals surface area contributed by atoms with Crippen LogP contribution in [0.5, 0.6) is 11.5 Å². The van der Waals surface area contributed by atoms with Gasteiger partial charge in [0.15, 0.2) is 11.5 Å². The van der Waals surface area contributed by atoms with Crippen molar-refractivity contribution in [3.8, 4) is 11.5 Å². The predicted octanol–water partition coefficient (Wildman–Crippen LogP) is 3.41. The van der Waals surface area contributed by atoms with E-state index < -0.39 is 0 Å². The molecule has 0 spiro atoms. The second-order valence-corrected chi connectivity index (χ2v) is 4.46. The fraction of sp³-hybridized carbons (Fsp3) is 0.312. The number of ether oxygens (including phenoxy) is 2. The molecular formula is C16H20N2O2. The van der Waals surface area contributed by atoms with E-state index in [0.29, 0.717) is 6.61 Å². The number of hydrogen-bond donors (Lipinski definition) is 1. The number of benzene rings is 1. The summed E-state index contributed by atoms with van der Waals surface area (Å²) in [7, 11) is 1.64.